The van der Waals surface area contributed by atoms with Crippen molar-refractivity contribution in [1.82, 2.24) is 14.8 Å². The average molecular weight is 210 g/mol. The van der Waals surface area contributed by atoms with Crippen LogP contribution in [0.5, 0.6) is 0 Å². The first-order chi connectivity index (χ1) is 6.79. The third kappa shape index (κ3) is 2.74. The Kier molecular flexibility index (Phi) is 4.47. The van der Waals surface area contributed by atoms with Gasteiger partial charge in [-0.05, 0) is 6.42 Å². The van der Waals surface area contributed by atoms with Gasteiger partial charge in [0.15, 0.2) is 5.16 Å². The Labute approximate surface area is 88.3 Å². The summed E-state index contributed by atoms with van der Waals surface area (Å²) in [5.74, 6) is 1.81. The largest absolute Gasteiger partial charge is 0.309 e. The zero-order chi connectivity index (χ0) is 10.4. The van der Waals surface area contributed by atoms with Crippen LogP contribution in [0.1, 0.15) is 25.6 Å². The summed E-state index contributed by atoms with van der Waals surface area (Å²) in [6.45, 7) is 2.12. The van der Waals surface area contributed by atoms with E-state index >= 15 is 0 Å². The van der Waals surface area contributed by atoms with Crippen molar-refractivity contribution in [1.29, 1.82) is 5.26 Å². The molecule has 1 rings (SSSR count). The molecule has 1 heterocycles. The Hall–Kier alpha value is -1.02. The van der Waals surface area contributed by atoms with Crippen LogP contribution in [0.15, 0.2) is 5.16 Å². The predicted octanol–water partition coefficient (Wildman–Crippen LogP) is 1.77. The third-order valence-corrected chi connectivity index (χ3v) is 2.87. The summed E-state index contributed by atoms with van der Waals surface area (Å²) in [6.07, 6.45) is 2.60. The van der Waals surface area contributed by atoms with E-state index in [1.807, 2.05) is 11.6 Å². The number of rotatable bonds is 5. The zero-order valence-electron chi connectivity index (χ0n) is 8.53. The number of aryl methyl sites for hydroxylation is 1. The van der Waals surface area contributed by atoms with Crippen molar-refractivity contribution in [3.8, 4) is 6.07 Å². The number of nitriles is 1. The molecule has 0 aliphatic heterocycles. The van der Waals surface area contributed by atoms with Gasteiger partial charge in [0, 0.05) is 25.6 Å². The Balaban J connectivity index is 2.56. The van der Waals surface area contributed by atoms with Crippen molar-refractivity contribution >= 4 is 11.8 Å². The van der Waals surface area contributed by atoms with Gasteiger partial charge >= 0.3 is 0 Å². The maximum absolute atomic E-state index is 8.40. The second-order valence-electron chi connectivity index (χ2n) is 2.96. The quantitative estimate of drug-likeness (QED) is 0.549. The Morgan fingerprint density at radius 3 is 2.93 bits per heavy atom. The molecule has 14 heavy (non-hydrogen) atoms. The molecule has 0 saturated heterocycles. The summed E-state index contributed by atoms with van der Waals surface area (Å²) in [5, 5.41) is 17.5. The van der Waals surface area contributed by atoms with Crippen molar-refractivity contribution in [2.75, 3.05) is 5.75 Å². The van der Waals surface area contributed by atoms with Gasteiger partial charge in [0.05, 0.1) is 6.07 Å². The maximum Gasteiger partial charge on any atom is 0.190 e. The minimum atomic E-state index is 0.556. The van der Waals surface area contributed by atoms with Gasteiger partial charge in [-0.15, -0.1) is 10.2 Å². The van der Waals surface area contributed by atoms with Gasteiger partial charge < -0.3 is 4.57 Å². The van der Waals surface area contributed by atoms with Gasteiger partial charge in [0.25, 0.3) is 0 Å². The summed E-state index contributed by atoms with van der Waals surface area (Å²) in [7, 11) is 1.97. The molecule has 5 heteroatoms. The smallest absolute Gasteiger partial charge is 0.190 e. The monoisotopic (exact) mass is 210 g/mol. The standard InChI is InChI=1S/C9H14N4S/c1-3-5-8-11-12-9(13(8)2)14-7-4-6-10/h3-5,7H2,1-2H3. The molecule has 0 N–H and O–H groups in total. The van der Waals surface area contributed by atoms with Crippen LogP contribution in [0.3, 0.4) is 0 Å². The fraction of sp³-hybridized carbons (Fsp3) is 0.667. The Morgan fingerprint density at radius 1 is 1.50 bits per heavy atom. The van der Waals surface area contributed by atoms with Crippen molar-refractivity contribution in [2.24, 2.45) is 7.05 Å². The lowest BCUT2D eigenvalue weighted by molar-refractivity contribution is 0.716. The van der Waals surface area contributed by atoms with Crippen molar-refractivity contribution in [2.45, 2.75) is 31.3 Å². The van der Waals surface area contributed by atoms with E-state index in [0.29, 0.717) is 6.42 Å². The fourth-order valence-electron chi connectivity index (χ4n) is 1.10. The number of thioether (sulfide) groups is 1. The lowest BCUT2D eigenvalue weighted by Gasteiger charge is -2.00. The van der Waals surface area contributed by atoms with Gasteiger partial charge in [-0.1, -0.05) is 18.7 Å². The number of nitrogens with zero attached hydrogens (tertiary/aromatic N) is 4. The molecule has 76 valence electrons. The highest BCUT2D eigenvalue weighted by Gasteiger charge is 2.07. The molecule has 1 aromatic heterocycles. The van der Waals surface area contributed by atoms with Crippen LogP contribution in [0.2, 0.25) is 0 Å². The minimum absolute atomic E-state index is 0.556. The van der Waals surface area contributed by atoms with E-state index in [0.717, 1.165) is 29.6 Å². The van der Waals surface area contributed by atoms with E-state index < -0.39 is 0 Å². The van der Waals surface area contributed by atoms with Gasteiger partial charge in [-0.3, -0.25) is 0 Å². The molecule has 1 aromatic rings. The molecule has 0 saturated carbocycles. The first kappa shape index (κ1) is 11.1. The maximum atomic E-state index is 8.40. The van der Waals surface area contributed by atoms with E-state index in [9.17, 15) is 0 Å². The Bertz CT molecular complexity index is 326. The van der Waals surface area contributed by atoms with E-state index in [1.165, 1.54) is 0 Å². The van der Waals surface area contributed by atoms with E-state index in [-0.39, 0.29) is 0 Å². The van der Waals surface area contributed by atoms with Crippen LogP contribution >= 0.6 is 11.8 Å². The fourth-order valence-corrected chi connectivity index (χ4v) is 1.87. The minimum Gasteiger partial charge on any atom is -0.309 e. The highest BCUT2D eigenvalue weighted by atomic mass is 32.2. The molecule has 0 bridgehead atoms. The first-order valence-electron chi connectivity index (χ1n) is 4.67. The molecule has 0 amide bonds. The van der Waals surface area contributed by atoms with Crippen LogP contribution in [0.4, 0.5) is 0 Å². The topological polar surface area (TPSA) is 54.5 Å². The summed E-state index contributed by atoms with van der Waals surface area (Å²) >= 11 is 1.59. The summed E-state index contributed by atoms with van der Waals surface area (Å²) in [4.78, 5) is 0. The number of hydrogen-bond donors (Lipinski definition) is 0. The molecule has 0 atom stereocenters. The van der Waals surface area contributed by atoms with Gasteiger partial charge in [0.2, 0.25) is 0 Å². The molecule has 0 fully saturated rings. The number of aromatic nitrogens is 3. The zero-order valence-corrected chi connectivity index (χ0v) is 9.34. The van der Waals surface area contributed by atoms with Gasteiger partial charge in [-0.25, -0.2) is 0 Å². The lowest BCUT2D eigenvalue weighted by Crippen LogP contribution is -1.98. The van der Waals surface area contributed by atoms with Crippen LogP contribution in [0.25, 0.3) is 0 Å². The van der Waals surface area contributed by atoms with E-state index in [1.54, 1.807) is 11.8 Å². The third-order valence-electron chi connectivity index (χ3n) is 1.84. The highest BCUT2D eigenvalue weighted by Crippen LogP contribution is 2.16. The van der Waals surface area contributed by atoms with Crippen LogP contribution in [-0.4, -0.2) is 20.5 Å². The molecular weight excluding hydrogens is 196 g/mol. The van der Waals surface area contributed by atoms with Crippen LogP contribution < -0.4 is 0 Å². The summed E-state index contributed by atoms with van der Waals surface area (Å²) in [5.41, 5.74) is 0. The van der Waals surface area contributed by atoms with Crippen LogP contribution in [-0.2, 0) is 13.5 Å². The molecule has 0 aliphatic carbocycles. The summed E-state index contributed by atoms with van der Waals surface area (Å²) in [6, 6.07) is 2.11. The molecule has 0 radical (unpaired) electrons. The lowest BCUT2D eigenvalue weighted by atomic mass is 10.3. The van der Waals surface area contributed by atoms with E-state index in [4.69, 9.17) is 5.26 Å². The van der Waals surface area contributed by atoms with Gasteiger partial charge in [-0.2, -0.15) is 5.26 Å². The molecular formula is C9H14N4S. The average Bonchev–Trinajstić information content (AvgIpc) is 2.51. The van der Waals surface area contributed by atoms with Gasteiger partial charge in [0.1, 0.15) is 5.82 Å². The number of hydrogen-bond acceptors (Lipinski definition) is 4. The van der Waals surface area contributed by atoms with Crippen LogP contribution in [0, 0.1) is 11.3 Å². The normalized spacial score (nSPS) is 10.1. The molecule has 0 aromatic carbocycles. The van der Waals surface area contributed by atoms with Crippen molar-refractivity contribution in [3.63, 3.8) is 0 Å². The van der Waals surface area contributed by atoms with Crippen molar-refractivity contribution < 1.29 is 0 Å². The van der Waals surface area contributed by atoms with Crippen molar-refractivity contribution in [3.05, 3.63) is 5.82 Å². The second kappa shape index (κ2) is 5.66. The highest BCUT2D eigenvalue weighted by molar-refractivity contribution is 7.99. The Morgan fingerprint density at radius 2 is 2.29 bits per heavy atom. The molecule has 0 aliphatic rings. The second-order valence-corrected chi connectivity index (χ2v) is 4.03. The SMILES string of the molecule is CCCc1nnc(SCCC#N)n1C. The molecule has 0 unspecified atom stereocenters. The molecule has 0 spiro atoms. The summed E-state index contributed by atoms with van der Waals surface area (Å²) < 4.78 is 2.01. The predicted molar refractivity (Wildman–Crippen MR) is 56.0 cm³/mol. The first-order valence-corrected chi connectivity index (χ1v) is 5.66. The molecule has 4 nitrogen and oxygen atoms in total. The van der Waals surface area contributed by atoms with E-state index in [2.05, 4.69) is 23.2 Å².